The third-order valence-electron chi connectivity index (χ3n) is 2.97. The zero-order valence-corrected chi connectivity index (χ0v) is 7.25. The van der Waals surface area contributed by atoms with Gasteiger partial charge in [-0.3, -0.25) is 4.79 Å². The van der Waals surface area contributed by atoms with Crippen molar-refractivity contribution in [3.63, 3.8) is 0 Å². The monoisotopic (exact) mass is 162 g/mol. The largest absolute Gasteiger partial charge is 0.299 e. The van der Waals surface area contributed by atoms with Crippen molar-refractivity contribution < 1.29 is 4.79 Å². The lowest BCUT2D eigenvalue weighted by Gasteiger charge is -2.31. The topological polar surface area (TPSA) is 17.1 Å². The molecule has 0 amide bonds. The highest BCUT2D eigenvalue weighted by Gasteiger charge is 2.31. The lowest BCUT2D eigenvalue weighted by atomic mass is 9.72. The Labute approximate surface area is 73.2 Å². The normalized spacial score (nSPS) is 35.0. The number of allylic oxidation sites excluding steroid dienone is 3. The van der Waals surface area contributed by atoms with E-state index < -0.39 is 0 Å². The fraction of sp³-hybridized carbons (Fsp3) is 0.545. The lowest BCUT2D eigenvalue weighted by molar-refractivity contribution is -0.124. The predicted molar refractivity (Wildman–Crippen MR) is 48.7 cm³/mol. The van der Waals surface area contributed by atoms with Gasteiger partial charge in [-0.2, -0.15) is 0 Å². The Hall–Kier alpha value is -0.850. The molecule has 0 aromatic rings. The van der Waals surface area contributed by atoms with Crippen molar-refractivity contribution in [3.05, 3.63) is 24.3 Å². The molecule has 2 aliphatic rings. The molecule has 2 atom stereocenters. The van der Waals surface area contributed by atoms with Gasteiger partial charge >= 0.3 is 0 Å². The Kier molecular flexibility index (Phi) is 1.87. The van der Waals surface area contributed by atoms with Crippen molar-refractivity contribution >= 4 is 5.78 Å². The van der Waals surface area contributed by atoms with E-state index in [1.54, 1.807) is 0 Å². The molecule has 0 aromatic heterocycles. The number of carbonyl (C=O) groups is 1. The lowest BCUT2D eigenvalue weighted by Crippen LogP contribution is -2.28. The fourth-order valence-electron chi connectivity index (χ4n) is 2.26. The van der Waals surface area contributed by atoms with E-state index in [0.29, 0.717) is 24.0 Å². The molecule has 64 valence electrons. The van der Waals surface area contributed by atoms with Crippen LogP contribution in [0.4, 0.5) is 0 Å². The van der Waals surface area contributed by atoms with Crippen LogP contribution in [0.25, 0.3) is 0 Å². The summed E-state index contributed by atoms with van der Waals surface area (Å²) in [5.41, 5.74) is 1.32. The smallest absolute Gasteiger partial charge is 0.140 e. The zero-order chi connectivity index (χ0) is 8.55. The van der Waals surface area contributed by atoms with Crippen molar-refractivity contribution in [1.82, 2.24) is 0 Å². The van der Waals surface area contributed by atoms with Gasteiger partial charge in [-0.1, -0.05) is 24.3 Å². The van der Waals surface area contributed by atoms with Crippen molar-refractivity contribution in [3.8, 4) is 0 Å². The van der Waals surface area contributed by atoms with Crippen molar-refractivity contribution in [2.45, 2.75) is 25.7 Å². The minimum atomic E-state index is 0.320. The average Bonchev–Trinajstić information content (AvgIpc) is 2.04. The van der Waals surface area contributed by atoms with Crippen LogP contribution in [0.15, 0.2) is 24.3 Å². The number of Topliss-reactive ketones (excluding diaryl/α,β-unsaturated/α-hetero) is 1. The molecule has 0 N–H and O–H groups in total. The van der Waals surface area contributed by atoms with E-state index in [1.807, 2.05) is 6.08 Å². The van der Waals surface area contributed by atoms with Gasteiger partial charge in [0.05, 0.1) is 0 Å². The van der Waals surface area contributed by atoms with E-state index in [1.165, 1.54) is 5.57 Å². The summed E-state index contributed by atoms with van der Waals surface area (Å²) >= 11 is 0. The minimum absolute atomic E-state index is 0.320. The van der Waals surface area contributed by atoms with Gasteiger partial charge in [0.15, 0.2) is 0 Å². The van der Waals surface area contributed by atoms with Gasteiger partial charge in [-0.25, -0.2) is 0 Å². The van der Waals surface area contributed by atoms with E-state index in [2.05, 4.69) is 12.7 Å². The average molecular weight is 162 g/mol. The Morgan fingerprint density at radius 2 is 2.33 bits per heavy atom. The summed E-state index contributed by atoms with van der Waals surface area (Å²) < 4.78 is 0. The maximum atomic E-state index is 11.5. The molecule has 2 unspecified atom stereocenters. The number of carbonyl (C=O) groups excluding carboxylic acids is 1. The first-order valence-corrected chi connectivity index (χ1v) is 4.63. The molecule has 0 heterocycles. The molecule has 0 aliphatic heterocycles. The Bertz CT molecular complexity index is 250. The summed E-state index contributed by atoms with van der Waals surface area (Å²) in [4.78, 5) is 11.5. The zero-order valence-electron chi connectivity index (χ0n) is 7.25. The Morgan fingerprint density at radius 3 is 3.17 bits per heavy atom. The van der Waals surface area contributed by atoms with E-state index in [9.17, 15) is 4.79 Å². The highest BCUT2D eigenvalue weighted by Crippen LogP contribution is 2.36. The number of hydrogen-bond acceptors (Lipinski definition) is 1. The van der Waals surface area contributed by atoms with Gasteiger partial charge in [0.1, 0.15) is 5.78 Å². The van der Waals surface area contributed by atoms with Crippen LogP contribution in [0.1, 0.15) is 25.7 Å². The molecule has 1 heteroatoms. The highest BCUT2D eigenvalue weighted by molar-refractivity contribution is 5.84. The van der Waals surface area contributed by atoms with Crippen LogP contribution in [-0.2, 0) is 4.79 Å². The second-order valence-corrected chi connectivity index (χ2v) is 3.86. The number of ketones is 1. The van der Waals surface area contributed by atoms with Crippen LogP contribution in [0.2, 0.25) is 0 Å². The second kappa shape index (κ2) is 2.89. The van der Waals surface area contributed by atoms with Gasteiger partial charge in [0.2, 0.25) is 0 Å². The van der Waals surface area contributed by atoms with E-state index in [4.69, 9.17) is 0 Å². The fourth-order valence-corrected chi connectivity index (χ4v) is 2.26. The van der Waals surface area contributed by atoms with Crippen LogP contribution in [0, 0.1) is 11.8 Å². The summed E-state index contributed by atoms with van der Waals surface area (Å²) in [5, 5.41) is 0. The third-order valence-corrected chi connectivity index (χ3v) is 2.97. The van der Waals surface area contributed by atoms with E-state index in [-0.39, 0.29) is 0 Å². The van der Waals surface area contributed by atoms with E-state index in [0.717, 1.165) is 19.3 Å². The van der Waals surface area contributed by atoms with Crippen LogP contribution in [-0.4, -0.2) is 5.78 Å². The Balaban J connectivity index is 2.18. The summed E-state index contributed by atoms with van der Waals surface area (Å²) in [6.07, 6.45) is 8.01. The predicted octanol–water partition coefficient (Wildman–Crippen LogP) is 2.49. The van der Waals surface area contributed by atoms with Gasteiger partial charge < -0.3 is 0 Å². The maximum Gasteiger partial charge on any atom is 0.140 e. The molecule has 0 aromatic carbocycles. The number of rotatable bonds is 0. The molecule has 1 nitrogen and oxygen atoms in total. The minimum Gasteiger partial charge on any atom is -0.299 e. The molecule has 12 heavy (non-hydrogen) atoms. The molecule has 0 spiro atoms. The third kappa shape index (κ3) is 1.24. The summed E-state index contributed by atoms with van der Waals surface area (Å²) in [5.74, 6) is 1.24. The van der Waals surface area contributed by atoms with Crippen LogP contribution in [0.5, 0.6) is 0 Å². The standard InChI is InChI=1S/C11H14O/c1-8-5-6-10-9(7-8)3-2-4-11(10)12/h2-3,9-10H,1,4-7H2. The molecular weight excluding hydrogens is 148 g/mol. The first-order chi connectivity index (χ1) is 5.77. The van der Waals surface area contributed by atoms with Crippen LogP contribution >= 0.6 is 0 Å². The molecule has 1 fully saturated rings. The highest BCUT2D eigenvalue weighted by atomic mass is 16.1. The van der Waals surface area contributed by atoms with Gasteiger partial charge in [-0.15, -0.1) is 0 Å². The number of fused-ring (bicyclic) bond motifs is 1. The molecule has 0 radical (unpaired) electrons. The van der Waals surface area contributed by atoms with Crippen molar-refractivity contribution in [2.75, 3.05) is 0 Å². The molecule has 0 saturated heterocycles. The first-order valence-electron chi connectivity index (χ1n) is 4.63. The van der Waals surface area contributed by atoms with Crippen molar-refractivity contribution in [2.24, 2.45) is 11.8 Å². The molecule has 0 bridgehead atoms. The van der Waals surface area contributed by atoms with Crippen LogP contribution < -0.4 is 0 Å². The van der Waals surface area contributed by atoms with Gasteiger partial charge in [0, 0.05) is 12.3 Å². The molecule has 1 saturated carbocycles. The molecule has 2 rings (SSSR count). The van der Waals surface area contributed by atoms with Gasteiger partial charge in [-0.05, 0) is 25.2 Å². The first kappa shape index (κ1) is 7.78. The maximum absolute atomic E-state index is 11.5. The summed E-state index contributed by atoms with van der Waals surface area (Å²) in [6, 6.07) is 0. The van der Waals surface area contributed by atoms with Gasteiger partial charge in [0.25, 0.3) is 0 Å². The van der Waals surface area contributed by atoms with Crippen LogP contribution in [0.3, 0.4) is 0 Å². The summed E-state index contributed by atoms with van der Waals surface area (Å²) in [7, 11) is 0. The quantitative estimate of drug-likeness (QED) is 0.500. The number of hydrogen-bond donors (Lipinski definition) is 0. The van der Waals surface area contributed by atoms with Crippen molar-refractivity contribution in [1.29, 1.82) is 0 Å². The second-order valence-electron chi connectivity index (χ2n) is 3.86. The summed E-state index contributed by atoms with van der Waals surface area (Å²) in [6.45, 7) is 3.99. The SMILES string of the molecule is C=C1CCC2C(=O)CC=CC2C1. The van der Waals surface area contributed by atoms with E-state index >= 15 is 0 Å². The molecular formula is C11H14O. The molecule has 2 aliphatic carbocycles. The Morgan fingerprint density at radius 1 is 1.50 bits per heavy atom.